The zero-order chi connectivity index (χ0) is 8.69. The number of esters is 1. The van der Waals surface area contributed by atoms with E-state index in [1.165, 1.54) is 0 Å². The van der Waals surface area contributed by atoms with Crippen molar-refractivity contribution in [1.29, 1.82) is 0 Å². The quantitative estimate of drug-likeness (QED) is 0.343. The number of carbonyl (C=O) groups is 1. The molecule has 0 spiro atoms. The molecule has 0 saturated heterocycles. The van der Waals surface area contributed by atoms with Crippen molar-refractivity contribution in [2.45, 2.75) is 19.4 Å². The number of hydrogen-bond donors (Lipinski definition) is 0. The molecule has 0 aliphatic rings. The van der Waals surface area contributed by atoms with E-state index in [2.05, 4.69) is 16.5 Å². The standard InChI is InChI=1S/C7H11NO3/c1-3-6(8-10)5-11-7(9)4-2/h4,6H,2-3,5H2,1H3/t6-/m1/s1. The fraction of sp³-hybridized carbons (Fsp3) is 0.571. The molecule has 0 rings (SSSR count). The molecule has 0 aliphatic heterocycles. The Hall–Kier alpha value is -1.19. The molecule has 0 saturated carbocycles. The zero-order valence-corrected chi connectivity index (χ0v) is 6.45. The molecule has 0 bridgehead atoms. The van der Waals surface area contributed by atoms with E-state index < -0.39 is 12.0 Å². The number of carbonyl (C=O) groups excluding carboxylic acids is 1. The van der Waals surface area contributed by atoms with Gasteiger partial charge in [-0.15, -0.1) is 0 Å². The molecular weight excluding hydrogens is 146 g/mol. The van der Waals surface area contributed by atoms with Gasteiger partial charge in [-0.25, -0.2) is 4.79 Å². The van der Waals surface area contributed by atoms with E-state index in [-0.39, 0.29) is 6.61 Å². The minimum Gasteiger partial charge on any atom is -0.460 e. The summed E-state index contributed by atoms with van der Waals surface area (Å²) in [5.41, 5.74) is 0. The molecular formula is C7H11NO3. The first kappa shape index (κ1) is 9.81. The van der Waals surface area contributed by atoms with E-state index >= 15 is 0 Å². The van der Waals surface area contributed by atoms with Crippen LogP contribution in [0.4, 0.5) is 0 Å². The minimum atomic E-state index is -0.521. The van der Waals surface area contributed by atoms with Crippen LogP contribution in [-0.4, -0.2) is 18.6 Å². The van der Waals surface area contributed by atoms with E-state index in [9.17, 15) is 9.70 Å². The third-order valence-electron chi connectivity index (χ3n) is 1.20. The Kier molecular flexibility index (Phi) is 4.98. The summed E-state index contributed by atoms with van der Waals surface area (Å²) in [6.45, 7) is 5.05. The van der Waals surface area contributed by atoms with Crippen LogP contribution < -0.4 is 0 Å². The van der Waals surface area contributed by atoms with Gasteiger partial charge in [0.2, 0.25) is 0 Å². The Labute approximate surface area is 65.2 Å². The molecule has 11 heavy (non-hydrogen) atoms. The van der Waals surface area contributed by atoms with Gasteiger partial charge in [-0.05, 0) is 6.42 Å². The summed E-state index contributed by atoms with van der Waals surface area (Å²) in [7, 11) is 0. The second kappa shape index (κ2) is 5.58. The van der Waals surface area contributed by atoms with Gasteiger partial charge in [0.25, 0.3) is 0 Å². The third kappa shape index (κ3) is 4.25. The summed E-state index contributed by atoms with van der Waals surface area (Å²) in [6, 6.07) is -0.432. The highest BCUT2D eigenvalue weighted by molar-refractivity contribution is 5.81. The van der Waals surface area contributed by atoms with Gasteiger partial charge in [-0.2, -0.15) is 4.91 Å². The van der Waals surface area contributed by atoms with Gasteiger partial charge in [0.15, 0.2) is 0 Å². The van der Waals surface area contributed by atoms with Crippen molar-refractivity contribution in [3.8, 4) is 0 Å². The van der Waals surface area contributed by atoms with Crippen LogP contribution in [0.1, 0.15) is 13.3 Å². The van der Waals surface area contributed by atoms with Gasteiger partial charge in [0, 0.05) is 6.08 Å². The Morgan fingerprint density at radius 2 is 2.45 bits per heavy atom. The first-order valence-electron chi connectivity index (χ1n) is 3.36. The minimum absolute atomic E-state index is 0.0465. The van der Waals surface area contributed by atoms with Crippen molar-refractivity contribution >= 4 is 5.97 Å². The first-order chi connectivity index (χ1) is 5.24. The largest absolute Gasteiger partial charge is 0.460 e. The van der Waals surface area contributed by atoms with Crippen molar-refractivity contribution in [3.05, 3.63) is 17.6 Å². The molecule has 0 radical (unpaired) electrons. The first-order valence-corrected chi connectivity index (χ1v) is 3.36. The normalized spacial score (nSPS) is 11.7. The van der Waals surface area contributed by atoms with E-state index in [0.717, 1.165) is 6.08 Å². The van der Waals surface area contributed by atoms with Crippen molar-refractivity contribution in [3.63, 3.8) is 0 Å². The average Bonchev–Trinajstić information content (AvgIpc) is 2.06. The predicted molar refractivity (Wildman–Crippen MR) is 41.0 cm³/mol. The Morgan fingerprint density at radius 1 is 1.82 bits per heavy atom. The predicted octanol–water partition coefficient (Wildman–Crippen LogP) is 1.26. The lowest BCUT2D eigenvalue weighted by Gasteiger charge is -2.04. The fourth-order valence-electron chi connectivity index (χ4n) is 0.460. The molecule has 1 atom stereocenters. The molecule has 0 aromatic heterocycles. The van der Waals surface area contributed by atoms with E-state index in [0.29, 0.717) is 6.42 Å². The number of rotatable bonds is 5. The Balaban J connectivity index is 3.58. The van der Waals surface area contributed by atoms with Crippen LogP contribution in [0, 0.1) is 4.91 Å². The summed E-state index contributed by atoms with van der Waals surface area (Å²) in [5.74, 6) is -0.521. The average molecular weight is 157 g/mol. The monoisotopic (exact) mass is 157 g/mol. The van der Waals surface area contributed by atoms with Gasteiger partial charge in [-0.1, -0.05) is 18.7 Å². The van der Waals surface area contributed by atoms with Crippen molar-refractivity contribution in [2.24, 2.45) is 5.18 Å². The van der Waals surface area contributed by atoms with E-state index in [1.807, 2.05) is 0 Å². The number of nitroso groups, excluding NO2 is 1. The molecule has 4 heteroatoms. The molecule has 62 valence electrons. The van der Waals surface area contributed by atoms with Crippen LogP contribution in [0.25, 0.3) is 0 Å². The summed E-state index contributed by atoms with van der Waals surface area (Å²) in [5, 5.41) is 2.75. The second-order valence-corrected chi connectivity index (χ2v) is 2.00. The summed E-state index contributed by atoms with van der Waals surface area (Å²) >= 11 is 0. The fourth-order valence-corrected chi connectivity index (χ4v) is 0.460. The maximum atomic E-state index is 10.5. The van der Waals surface area contributed by atoms with Gasteiger partial charge < -0.3 is 4.74 Å². The van der Waals surface area contributed by atoms with Crippen LogP contribution in [0.3, 0.4) is 0 Å². The maximum absolute atomic E-state index is 10.5. The van der Waals surface area contributed by atoms with Gasteiger partial charge in [0.1, 0.15) is 12.6 Å². The lowest BCUT2D eigenvalue weighted by Crippen LogP contribution is -2.14. The highest BCUT2D eigenvalue weighted by Crippen LogP contribution is 1.97. The highest BCUT2D eigenvalue weighted by atomic mass is 16.5. The molecule has 0 amide bonds. The van der Waals surface area contributed by atoms with E-state index in [1.54, 1.807) is 6.92 Å². The second-order valence-electron chi connectivity index (χ2n) is 2.00. The smallest absolute Gasteiger partial charge is 0.330 e. The van der Waals surface area contributed by atoms with Gasteiger partial charge >= 0.3 is 5.97 Å². The van der Waals surface area contributed by atoms with Gasteiger partial charge in [0.05, 0.1) is 0 Å². The topological polar surface area (TPSA) is 55.7 Å². The van der Waals surface area contributed by atoms with Crippen molar-refractivity contribution in [2.75, 3.05) is 6.61 Å². The number of nitrogens with zero attached hydrogens (tertiary/aromatic N) is 1. The van der Waals surface area contributed by atoms with Crippen LogP contribution in [0.15, 0.2) is 17.8 Å². The Bertz CT molecular complexity index is 156. The Morgan fingerprint density at radius 3 is 2.82 bits per heavy atom. The van der Waals surface area contributed by atoms with Crippen molar-refractivity contribution in [1.82, 2.24) is 0 Å². The van der Waals surface area contributed by atoms with Crippen LogP contribution in [-0.2, 0) is 9.53 Å². The molecule has 0 fully saturated rings. The highest BCUT2D eigenvalue weighted by Gasteiger charge is 2.07. The molecule has 4 nitrogen and oxygen atoms in total. The zero-order valence-electron chi connectivity index (χ0n) is 6.45. The molecule has 0 unspecified atom stereocenters. The molecule has 0 heterocycles. The number of hydrogen-bond acceptors (Lipinski definition) is 4. The summed E-state index contributed by atoms with van der Waals surface area (Å²) in [4.78, 5) is 20.4. The van der Waals surface area contributed by atoms with E-state index in [4.69, 9.17) is 0 Å². The van der Waals surface area contributed by atoms with Crippen LogP contribution in [0.2, 0.25) is 0 Å². The third-order valence-corrected chi connectivity index (χ3v) is 1.20. The lowest BCUT2D eigenvalue weighted by atomic mass is 10.3. The number of ether oxygens (including phenoxy) is 1. The summed E-state index contributed by atoms with van der Waals surface area (Å²) < 4.78 is 4.58. The van der Waals surface area contributed by atoms with Crippen LogP contribution >= 0.6 is 0 Å². The molecule has 0 N–H and O–H groups in total. The molecule has 0 aromatic rings. The molecule has 0 aliphatic carbocycles. The maximum Gasteiger partial charge on any atom is 0.330 e. The lowest BCUT2D eigenvalue weighted by molar-refractivity contribution is -0.138. The van der Waals surface area contributed by atoms with Crippen molar-refractivity contribution < 1.29 is 9.53 Å². The molecule has 0 aromatic carbocycles. The SMILES string of the molecule is C=CC(=O)OC[C@@H](CC)N=O. The van der Waals surface area contributed by atoms with Crippen LogP contribution in [0.5, 0.6) is 0 Å². The van der Waals surface area contributed by atoms with Gasteiger partial charge in [-0.3, -0.25) is 0 Å². The summed E-state index contributed by atoms with van der Waals surface area (Å²) in [6.07, 6.45) is 1.63.